The van der Waals surface area contributed by atoms with Crippen molar-refractivity contribution in [2.24, 2.45) is 0 Å². The molecular formula is C13H9BrFN5. The number of nitrogen functional groups attached to an aromatic ring is 1. The molecule has 3 aromatic rings. The van der Waals surface area contributed by atoms with Crippen LogP contribution in [0.15, 0.2) is 46.9 Å². The zero-order chi connectivity index (χ0) is 14.1. The highest BCUT2D eigenvalue weighted by molar-refractivity contribution is 9.10. The molecule has 1 aromatic heterocycles. The second kappa shape index (κ2) is 5.01. The summed E-state index contributed by atoms with van der Waals surface area (Å²) in [5.41, 5.74) is 6.90. The van der Waals surface area contributed by atoms with Crippen LogP contribution in [0.1, 0.15) is 0 Å². The van der Waals surface area contributed by atoms with Gasteiger partial charge in [0.2, 0.25) is 0 Å². The van der Waals surface area contributed by atoms with E-state index < -0.39 is 5.82 Å². The lowest BCUT2D eigenvalue weighted by Crippen LogP contribution is -2.00. The molecule has 1 heterocycles. The van der Waals surface area contributed by atoms with E-state index in [1.807, 2.05) is 24.3 Å². The highest BCUT2D eigenvalue weighted by Gasteiger charge is 2.12. The van der Waals surface area contributed by atoms with Crippen molar-refractivity contribution in [1.82, 2.24) is 20.2 Å². The van der Waals surface area contributed by atoms with Crippen molar-refractivity contribution < 1.29 is 4.39 Å². The zero-order valence-corrected chi connectivity index (χ0v) is 11.7. The molecule has 0 fully saturated rings. The molecule has 0 radical (unpaired) electrons. The maximum Gasteiger partial charge on any atom is 0.187 e. The fourth-order valence-electron chi connectivity index (χ4n) is 1.82. The summed E-state index contributed by atoms with van der Waals surface area (Å²) in [7, 11) is 0. The van der Waals surface area contributed by atoms with E-state index in [0.29, 0.717) is 11.4 Å². The molecule has 100 valence electrons. The van der Waals surface area contributed by atoms with Crippen LogP contribution in [-0.2, 0) is 0 Å². The van der Waals surface area contributed by atoms with E-state index in [9.17, 15) is 4.39 Å². The number of nitrogens with two attached hydrogens (primary N) is 1. The van der Waals surface area contributed by atoms with Gasteiger partial charge in [0.15, 0.2) is 5.82 Å². The van der Waals surface area contributed by atoms with Gasteiger partial charge in [-0.05, 0) is 46.8 Å². The van der Waals surface area contributed by atoms with Crippen molar-refractivity contribution in [3.8, 4) is 17.1 Å². The van der Waals surface area contributed by atoms with Gasteiger partial charge in [0.05, 0.1) is 11.4 Å². The second-order valence-electron chi connectivity index (χ2n) is 4.13. The third-order valence-corrected chi connectivity index (χ3v) is 3.27. The number of tetrazole rings is 1. The summed E-state index contributed by atoms with van der Waals surface area (Å²) in [6.07, 6.45) is 0. The monoisotopic (exact) mass is 333 g/mol. The zero-order valence-electron chi connectivity index (χ0n) is 10.2. The number of aromatic nitrogens is 4. The molecule has 0 aliphatic carbocycles. The number of hydrogen-bond acceptors (Lipinski definition) is 4. The molecule has 0 aliphatic rings. The van der Waals surface area contributed by atoms with Crippen molar-refractivity contribution in [3.63, 3.8) is 0 Å². The lowest BCUT2D eigenvalue weighted by Gasteiger charge is -2.06. The molecule has 2 N–H and O–H groups in total. The van der Waals surface area contributed by atoms with Gasteiger partial charge < -0.3 is 5.73 Å². The molecule has 3 rings (SSSR count). The normalized spacial score (nSPS) is 10.7. The molecule has 0 aliphatic heterocycles. The van der Waals surface area contributed by atoms with Gasteiger partial charge in [-0.1, -0.05) is 22.0 Å². The first kappa shape index (κ1) is 12.7. The van der Waals surface area contributed by atoms with Crippen molar-refractivity contribution in [3.05, 3.63) is 52.8 Å². The number of rotatable bonds is 2. The molecule has 0 amide bonds. The molecule has 0 spiro atoms. The SMILES string of the molecule is Nc1ccc(-c2nnnn2-c2cccc(Br)c2)cc1F. The van der Waals surface area contributed by atoms with Crippen LogP contribution < -0.4 is 5.73 Å². The smallest absolute Gasteiger partial charge is 0.187 e. The minimum absolute atomic E-state index is 0.0928. The Hall–Kier alpha value is -2.28. The molecule has 0 atom stereocenters. The van der Waals surface area contributed by atoms with E-state index in [4.69, 9.17) is 5.73 Å². The van der Waals surface area contributed by atoms with Gasteiger partial charge in [-0.15, -0.1) is 5.10 Å². The minimum Gasteiger partial charge on any atom is -0.396 e. The summed E-state index contributed by atoms with van der Waals surface area (Å²) in [6.45, 7) is 0. The summed E-state index contributed by atoms with van der Waals surface area (Å²) in [6, 6.07) is 12.0. The first-order valence-electron chi connectivity index (χ1n) is 5.75. The molecule has 5 nitrogen and oxygen atoms in total. The Labute approximate surface area is 122 Å². The van der Waals surface area contributed by atoms with E-state index in [1.165, 1.54) is 16.8 Å². The van der Waals surface area contributed by atoms with E-state index >= 15 is 0 Å². The van der Waals surface area contributed by atoms with Crippen LogP contribution >= 0.6 is 15.9 Å². The Morgan fingerprint density at radius 1 is 1.15 bits per heavy atom. The van der Waals surface area contributed by atoms with Gasteiger partial charge in [0.1, 0.15) is 5.82 Å². The van der Waals surface area contributed by atoms with Crippen LogP contribution in [0.2, 0.25) is 0 Å². The van der Waals surface area contributed by atoms with Gasteiger partial charge >= 0.3 is 0 Å². The average molecular weight is 334 g/mol. The van der Waals surface area contributed by atoms with E-state index in [1.54, 1.807) is 6.07 Å². The van der Waals surface area contributed by atoms with E-state index in [0.717, 1.165) is 10.2 Å². The minimum atomic E-state index is -0.494. The lowest BCUT2D eigenvalue weighted by atomic mass is 10.2. The summed E-state index contributed by atoms with van der Waals surface area (Å²) in [5.74, 6) is -0.0479. The number of halogens is 2. The summed E-state index contributed by atoms with van der Waals surface area (Å²) in [5, 5.41) is 11.5. The Bertz CT molecular complexity index is 771. The van der Waals surface area contributed by atoms with Crippen molar-refractivity contribution in [2.75, 3.05) is 5.73 Å². The Morgan fingerprint density at radius 3 is 2.75 bits per heavy atom. The van der Waals surface area contributed by atoms with Crippen LogP contribution in [0.25, 0.3) is 17.1 Å². The second-order valence-corrected chi connectivity index (χ2v) is 5.05. The largest absolute Gasteiger partial charge is 0.396 e. The van der Waals surface area contributed by atoms with Crippen LogP contribution in [0, 0.1) is 5.82 Å². The van der Waals surface area contributed by atoms with Gasteiger partial charge in [-0.25, -0.2) is 4.39 Å². The van der Waals surface area contributed by atoms with Crippen molar-refractivity contribution in [2.45, 2.75) is 0 Å². The predicted octanol–water partition coefficient (Wildman–Crippen LogP) is 2.81. The first-order valence-corrected chi connectivity index (χ1v) is 6.54. The van der Waals surface area contributed by atoms with Crippen LogP contribution in [0.4, 0.5) is 10.1 Å². The summed E-state index contributed by atoms with van der Waals surface area (Å²) in [4.78, 5) is 0. The van der Waals surface area contributed by atoms with Crippen molar-refractivity contribution in [1.29, 1.82) is 0 Å². The molecule has 0 saturated heterocycles. The summed E-state index contributed by atoms with van der Waals surface area (Å²) >= 11 is 3.39. The lowest BCUT2D eigenvalue weighted by molar-refractivity contribution is 0.632. The molecule has 0 saturated carbocycles. The third kappa shape index (κ3) is 2.27. The Balaban J connectivity index is 2.12. The van der Waals surface area contributed by atoms with Gasteiger partial charge in [-0.3, -0.25) is 0 Å². The molecule has 20 heavy (non-hydrogen) atoms. The van der Waals surface area contributed by atoms with Gasteiger partial charge in [0.25, 0.3) is 0 Å². The maximum atomic E-state index is 13.6. The van der Waals surface area contributed by atoms with Crippen LogP contribution in [0.3, 0.4) is 0 Å². The highest BCUT2D eigenvalue weighted by atomic mass is 79.9. The molecule has 2 aromatic carbocycles. The molecule has 0 unspecified atom stereocenters. The fraction of sp³-hybridized carbons (Fsp3) is 0. The Kier molecular flexibility index (Phi) is 3.19. The van der Waals surface area contributed by atoms with Crippen LogP contribution in [-0.4, -0.2) is 20.2 Å². The number of nitrogens with zero attached hydrogens (tertiary/aromatic N) is 4. The predicted molar refractivity (Wildman–Crippen MR) is 76.7 cm³/mol. The highest BCUT2D eigenvalue weighted by Crippen LogP contribution is 2.23. The summed E-state index contributed by atoms with van der Waals surface area (Å²) < 4.78 is 16.0. The van der Waals surface area contributed by atoms with Gasteiger partial charge in [0, 0.05) is 10.0 Å². The molecule has 0 bridgehead atoms. The van der Waals surface area contributed by atoms with E-state index in [-0.39, 0.29) is 5.69 Å². The molecule has 7 heteroatoms. The standard InChI is InChI=1S/C13H9BrFN5/c14-9-2-1-3-10(7-9)20-13(17-18-19-20)8-4-5-12(16)11(15)6-8/h1-7H,16H2. The first-order chi connectivity index (χ1) is 9.65. The maximum absolute atomic E-state index is 13.6. The van der Waals surface area contributed by atoms with Gasteiger partial charge in [-0.2, -0.15) is 4.68 Å². The number of benzene rings is 2. The fourth-order valence-corrected chi connectivity index (χ4v) is 2.20. The van der Waals surface area contributed by atoms with E-state index in [2.05, 4.69) is 31.5 Å². The average Bonchev–Trinajstić information content (AvgIpc) is 2.91. The quantitative estimate of drug-likeness (QED) is 0.732. The third-order valence-electron chi connectivity index (χ3n) is 2.78. The topological polar surface area (TPSA) is 69.6 Å². The number of anilines is 1. The van der Waals surface area contributed by atoms with Crippen molar-refractivity contribution >= 4 is 21.6 Å². The van der Waals surface area contributed by atoms with Crippen LogP contribution in [0.5, 0.6) is 0 Å². The molecular weight excluding hydrogens is 325 g/mol. The number of hydrogen-bond donors (Lipinski definition) is 1. The Morgan fingerprint density at radius 2 is 2.00 bits per heavy atom.